The second-order valence-corrected chi connectivity index (χ2v) is 7.54. The maximum absolute atomic E-state index is 5.84. The van der Waals surface area contributed by atoms with Crippen LogP contribution in [0.3, 0.4) is 0 Å². The van der Waals surface area contributed by atoms with E-state index in [1.807, 2.05) is 38.1 Å². The fourth-order valence-corrected chi connectivity index (χ4v) is 3.70. The van der Waals surface area contributed by atoms with Crippen LogP contribution in [0.2, 0.25) is 0 Å². The van der Waals surface area contributed by atoms with Gasteiger partial charge in [0.25, 0.3) is 0 Å². The van der Waals surface area contributed by atoms with Crippen molar-refractivity contribution < 1.29 is 4.74 Å². The van der Waals surface area contributed by atoms with Crippen LogP contribution in [0, 0.1) is 0 Å². The molecule has 7 nitrogen and oxygen atoms in total. The third-order valence-corrected chi connectivity index (χ3v) is 5.04. The minimum absolute atomic E-state index is 0.129. The Bertz CT molecular complexity index is 930. The van der Waals surface area contributed by atoms with E-state index < -0.39 is 0 Å². The molecule has 7 heteroatoms. The van der Waals surface area contributed by atoms with E-state index in [2.05, 4.69) is 36.9 Å². The fraction of sp³-hybridized carbons (Fsp3) is 0.476. The van der Waals surface area contributed by atoms with E-state index in [9.17, 15) is 0 Å². The topological polar surface area (TPSA) is 70.2 Å². The van der Waals surface area contributed by atoms with E-state index in [0.29, 0.717) is 0 Å². The number of nitrogens with zero attached hydrogens (tertiary/aromatic N) is 5. The van der Waals surface area contributed by atoms with Crippen molar-refractivity contribution in [3.63, 3.8) is 0 Å². The lowest BCUT2D eigenvalue weighted by Gasteiger charge is -2.35. The summed E-state index contributed by atoms with van der Waals surface area (Å²) in [5, 5.41) is 8.62. The van der Waals surface area contributed by atoms with Gasteiger partial charge in [-0.15, -0.1) is 0 Å². The van der Waals surface area contributed by atoms with Gasteiger partial charge in [0.05, 0.1) is 17.3 Å². The Kier molecular flexibility index (Phi) is 5.43. The van der Waals surface area contributed by atoms with Crippen molar-refractivity contribution in [1.82, 2.24) is 25.1 Å². The molecule has 0 spiro atoms. The Morgan fingerprint density at radius 1 is 1.11 bits per heavy atom. The van der Waals surface area contributed by atoms with Crippen LogP contribution in [0.15, 0.2) is 30.6 Å². The van der Waals surface area contributed by atoms with Gasteiger partial charge in [0.15, 0.2) is 0 Å². The van der Waals surface area contributed by atoms with Crippen molar-refractivity contribution in [2.24, 2.45) is 0 Å². The van der Waals surface area contributed by atoms with Gasteiger partial charge in [0.2, 0.25) is 0 Å². The monoisotopic (exact) mass is 380 g/mol. The standard InChI is InChI=1S/C21H28N6O/c1-4-7-26-8-10-27(11-9-26)20-13-19(22-14-23-20)21-17-12-16(28-15(2)3)5-6-18(17)24-25-21/h5-6,12-15H,4,7-11H2,1-3H3,(H,24,25). The summed E-state index contributed by atoms with van der Waals surface area (Å²) in [5.74, 6) is 1.80. The molecule has 1 aliphatic heterocycles. The van der Waals surface area contributed by atoms with Gasteiger partial charge >= 0.3 is 0 Å². The highest BCUT2D eigenvalue weighted by Crippen LogP contribution is 2.30. The summed E-state index contributed by atoms with van der Waals surface area (Å²) >= 11 is 0. The first kappa shape index (κ1) is 18.7. The minimum atomic E-state index is 0.129. The van der Waals surface area contributed by atoms with E-state index in [0.717, 1.165) is 60.0 Å². The first-order chi connectivity index (χ1) is 13.6. The molecular weight excluding hydrogens is 352 g/mol. The number of piperazine rings is 1. The van der Waals surface area contributed by atoms with Gasteiger partial charge in [-0.25, -0.2) is 9.97 Å². The highest BCUT2D eigenvalue weighted by molar-refractivity contribution is 5.93. The molecule has 0 saturated carbocycles. The quantitative estimate of drug-likeness (QED) is 0.707. The Balaban J connectivity index is 1.59. The number of anilines is 1. The molecule has 0 amide bonds. The normalized spacial score (nSPS) is 15.5. The number of rotatable bonds is 6. The molecule has 1 aliphatic rings. The summed E-state index contributed by atoms with van der Waals surface area (Å²) in [6.45, 7) is 11.6. The molecule has 4 rings (SSSR count). The van der Waals surface area contributed by atoms with Gasteiger partial charge in [-0.3, -0.25) is 10.00 Å². The maximum Gasteiger partial charge on any atom is 0.132 e. The van der Waals surface area contributed by atoms with Gasteiger partial charge < -0.3 is 9.64 Å². The van der Waals surface area contributed by atoms with E-state index in [1.54, 1.807) is 6.33 Å². The molecule has 148 valence electrons. The Morgan fingerprint density at radius 2 is 1.93 bits per heavy atom. The zero-order valence-corrected chi connectivity index (χ0v) is 16.9. The molecule has 0 unspecified atom stereocenters. The van der Waals surface area contributed by atoms with E-state index >= 15 is 0 Å². The lowest BCUT2D eigenvalue weighted by atomic mass is 10.1. The zero-order chi connectivity index (χ0) is 19.5. The first-order valence-electron chi connectivity index (χ1n) is 10.1. The number of ether oxygens (including phenoxy) is 1. The lowest BCUT2D eigenvalue weighted by Crippen LogP contribution is -2.46. The van der Waals surface area contributed by atoms with Crippen LogP contribution in [-0.2, 0) is 0 Å². The summed E-state index contributed by atoms with van der Waals surface area (Å²) in [7, 11) is 0. The van der Waals surface area contributed by atoms with Crippen molar-refractivity contribution >= 4 is 16.7 Å². The number of hydrogen-bond acceptors (Lipinski definition) is 6. The van der Waals surface area contributed by atoms with Gasteiger partial charge in [0, 0.05) is 37.6 Å². The number of nitrogens with one attached hydrogen (secondary N) is 1. The smallest absolute Gasteiger partial charge is 0.132 e. The summed E-state index contributed by atoms with van der Waals surface area (Å²) in [5.41, 5.74) is 2.63. The van der Waals surface area contributed by atoms with Crippen LogP contribution in [-0.4, -0.2) is 63.9 Å². The second kappa shape index (κ2) is 8.14. The van der Waals surface area contributed by atoms with Crippen molar-refractivity contribution in [3.05, 3.63) is 30.6 Å². The fourth-order valence-electron chi connectivity index (χ4n) is 3.70. The van der Waals surface area contributed by atoms with Crippen molar-refractivity contribution in [3.8, 4) is 17.1 Å². The summed E-state index contributed by atoms with van der Waals surface area (Å²) < 4.78 is 5.84. The van der Waals surface area contributed by atoms with Gasteiger partial charge in [-0.2, -0.15) is 5.10 Å². The Hall–Kier alpha value is -2.67. The number of H-pyrrole nitrogens is 1. The lowest BCUT2D eigenvalue weighted by molar-refractivity contribution is 0.243. The molecule has 0 bridgehead atoms. The molecule has 28 heavy (non-hydrogen) atoms. The largest absolute Gasteiger partial charge is 0.491 e. The SMILES string of the molecule is CCCN1CCN(c2cc(-c3n[nH]c4ccc(OC(C)C)cc34)ncn2)CC1. The minimum Gasteiger partial charge on any atom is -0.491 e. The molecule has 3 aromatic rings. The maximum atomic E-state index is 5.84. The third-order valence-electron chi connectivity index (χ3n) is 5.04. The molecule has 0 radical (unpaired) electrons. The molecular formula is C21H28N6O. The predicted octanol–water partition coefficient (Wildman–Crippen LogP) is 3.34. The highest BCUT2D eigenvalue weighted by atomic mass is 16.5. The molecule has 1 aromatic carbocycles. The summed E-state index contributed by atoms with van der Waals surface area (Å²) in [6.07, 6.45) is 2.97. The Labute approximate surface area is 165 Å². The highest BCUT2D eigenvalue weighted by Gasteiger charge is 2.19. The summed E-state index contributed by atoms with van der Waals surface area (Å²) in [4.78, 5) is 13.8. The third kappa shape index (κ3) is 3.94. The molecule has 1 fully saturated rings. The number of benzene rings is 1. The molecule has 0 aliphatic carbocycles. The van der Waals surface area contributed by atoms with E-state index in [1.165, 1.54) is 13.0 Å². The first-order valence-corrected chi connectivity index (χ1v) is 10.1. The number of aromatic nitrogens is 4. The number of aromatic amines is 1. The van der Waals surface area contributed by atoms with Gasteiger partial charge in [-0.1, -0.05) is 6.92 Å². The molecule has 1 saturated heterocycles. The number of fused-ring (bicyclic) bond motifs is 1. The zero-order valence-electron chi connectivity index (χ0n) is 16.9. The van der Waals surface area contributed by atoms with Crippen molar-refractivity contribution in [2.45, 2.75) is 33.3 Å². The van der Waals surface area contributed by atoms with Crippen LogP contribution in [0.1, 0.15) is 27.2 Å². The molecule has 0 atom stereocenters. The second-order valence-electron chi connectivity index (χ2n) is 7.54. The molecule has 1 N–H and O–H groups in total. The molecule has 3 heterocycles. The van der Waals surface area contributed by atoms with Crippen LogP contribution >= 0.6 is 0 Å². The Morgan fingerprint density at radius 3 is 2.68 bits per heavy atom. The van der Waals surface area contributed by atoms with Crippen molar-refractivity contribution in [1.29, 1.82) is 0 Å². The van der Waals surface area contributed by atoms with Gasteiger partial charge in [-0.05, 0) is 45.0 Å². The van der Waals surface area contributed by atoms with Gasteiger partial charge in [0.1, 0.15) is 23.6 Å². The van der Waals surface area contributed by atoms with E-state index in [4.69, 9.17) is 4.74 Å². The predicted molar refractivity (Wildman–Crippen MR) is 112 cm³/mol. The average Bonchev–Trinajstić information content (AvgIpc) is 3.12. The van der Waals surface area contributed by atoms with Crippen LogP contribution in [0.25, 0.3) is 22.3 Å². The number of hydrogen-bond donors (Lipinski definition) is 1. The van der Waals surface area contributed by atoms with Crippen molar-refractivity contribution in [2.75, 3.05) is 37.6 Å². The average molecular weight is 380 g/mol. The van der Waals surface area contributed by atoms with Crippen LogP contribution in [0.4, 0.5) is 5.82 Å². The summed E-state index contributed by atoms with van der Waals surface area (Å²) in [6, 6.07) is 8.03. The van der Waals surface area contributed by atoms with Crippen LogP contribution in [0.5, 0.6) is 5.75 Å². The van der Waals surface area contributed by atoms with E-state index in [-0.39, 0.29) is 6.10 Å². The molecule has 2 aromatic heterocycles. The van der Waals surface area contributed by atoms with Crippen LogP contribution < -0.4 is 9.64 Å².